The van der Waals surface area contributed by atoms with Crippen molar-refractivity contribution >= 4 is 11.5 Å². The van der Waals surface area contributed by atoms with E-state index < -0.39 is 0 Å². The predicted molar refractivity (Wildman–Crippen MR) is 75.3 cm³/mol. The van der Waals surface area contributed by atoms with Gasteiger partial charge in [-0.2, -0.15) is 4.98 Å². The van der Waals surface area contributed by atoms with Gasteiger partial charge in [-0.3, -0.25) is 0 Å². The molecule has 5 heteroatoms. The first-order chi connectivity index (χ1) is 9.20. The van der Waals surface area contributed by atoms with Gasteiger partial charge in [-0.05, 0) is 24.6 Å². The standard InChI is InChI=1S/C14H19N3O2/c1-3-7-19-14-12(15)4-5-13(16-14)17(2)9-11-6-8-18-10-11/h4-6,8,10H,3,7,9,15H2,1-2H3. The first kappa shape index (κ1) is 13.3. The Morgan fingerprint density at radius 3 is 2.89 bits per heavy atom. The first-order valence-corrected chi connectivity index (χ1v) is 6.32. The molecule has 0 aliphatic heterocycles. The van der Waals surface area contributed by atoms with Gasteiger partial charge in [-0.25, -0.2) is 0 Å². The minimum Gasteiger partial charge on any atom is -0.476 e. The number of nitrogens with two attached hydrogens (primary N) is 1. The number of hydrogen-bond donors (Lipinski definition) is 1. The normalized spacial score (nSPS) is 10.4. The van der Waals surface area contributed by atoms with Crippen LogP contribution in [0.3, 0.4) is 0 Å². The van der Waals surface area contributed by atoms with Gasteiger partial charge in [0.2, 0.25) is 5.88 Å². The smallest absolute Gasteiger partial charge is 0.239 e. The number of anilines is 2. The Labute approximate surface area is 113 Å². The van der Waals surface area contributed by atoms with Crippen molar-refractivity contribution in [2.45, 2.75) is 19.9 Å². The molecule has 2 aromatic heterocycles. The van der Waals surface area contributed by atoms with Crippen molar-refractivity contribution in [2.75, 3.05) is 24.3 Å². The summed E-state index contributed by atoms with van der Waals surface area (Å²) >= 11 is 0. The number of furan rings is 1. The highest BCUT2D eigenvalue weighted by Gasteiger charge is 2.09. The molecule has 0 atom stereocenters. The highest BCUT2D eigenvalue weighted by atomic mass is 16.5. The molecule has 0 saturated heterocycles. The Hall–Kier alpha value is -2.17. The van der Waals surface area contributed by atoms with Crippen LogP contribution in [0, 0.1) is 0 Å². The summed E-state index contributed by atoms with van der Waals surface area (Å²) in [5.41, 5.74) is 7.50. The Morgan fingerprint density at radius 1 is 1.37 bits per heavy atom. The molecule has 2 N–H and O–H groups in total. The lowest BCUT2D eigenvalue weighted by Gasteiger charge is -2.18. The Morgan fingerprint density at radius 2 is 2.21 bits per heavy atom. The average Bonchev–Trinajstić information content (AvgIpc) is 2.90. The molecule has 0 fully saturated rings. The van der Waals surface area contributed by atoms with Crippen LogP contribution in [-0.4, -0.2) is 18.6 Å². The molecule has 2 rings (SSSR count). The van der Waals surface area contributed by atoms with Gasteiger partial charge >= 0.3 is 0 Å². The Balaban J connectivity index is 2.10. The molecule has 0 radical (unpaired) electrons. The number of hydrogen-bond acceptors (Lipinski definition) is 5. The van der Waals surface area contributed by atoms with Crippen molar-refractivity contribution in [3.8, 4) is 5.88 Å². The van der Waals surface area contributed by atoms with Crippen molar-refractivity contribution in [2.24, 2.45) is 0 Å². The second kappa shape index (κ2) is 6.13. The fraction of sp³-hybridized carbons (Fsp3) is 0.357. The minimum absolute atomic E-state index is 0.499. The van der Waals surface area contributed by atoms with Crippen molar-refractivity contribution in [3.05, 3.63) is 36.3 Å². The van der Waals surface area contributed by atoms with Crippen LogP contribution in [0.4, 0.5) is 11.5 Å². The Bertz CT molecular complexity index is 511. The van der Waals surface area contributed by atoms with Crippen LogP contribution < -0.4 is 15.4 Å². The van der Waals surface area contributed by atoms with Gasteiger partial charge in [-0.1, -0.05) is 6.92 Å². The van der Waals surface area contributed by atoms with Gasteiger partial charge < -0.3 is 19.8 Å². The second-order valence-electron chi connectivity index (χ2n) is 4.40. The van der Waals surface area contributed by atoms with Crippen LogP contribution in [0.25, 0.3) is 0 Å². The van der Waals surface area contributed by atoms with Crippen LogP contribution in [0.5, 0.6) is 5.88 Å². The van der Waals surface area contributed by atoms with E-state index in [0.717, 1.165) is 24.3 Å². The summed E-state index contributed by atoms with van der Waals surface area (Å²) in [6.45, 7) is 3.39. The van der Waals surface area contributed by atoms with E-state index >= 15 is 0 Å². The van der Waals surface area contributed by atoms with Crippen LogP contribution in [0.15, 0.2) is 35.1 Å². The van der Waals surface area contributed by atoms with E-state index in [0.29, 0.717) is 18.2 Å². The van der Waals surface area contributed by atoms with E-state index in [1.54, 1.807) is 12.5 Å². The summed E-state index contributed by atoms with van der Waals surface area (Å²) in [6, 6.07) is 5.63. The molecule has 0 spiro atoms. The van der Waals surface area contributed by atoms with E-state index in [4.69, 9.17) is 14.9 Å². The molecule has 19 heavy (non-hydrogen) atoms. The molecule has 0 aliphatic carbocycles. The van der Waals surface area contributed by atoms with Gasteiger partial charge in [0.25, 0.3) is 0 Å². The van der Waals surface area contributed by atoms with E-state index in [9.17, 15) is 0 Å². The second-order valence-corrected chi connectivity index (χ2v) is 4.40. The van der Waals surface area contributed by atoms with Crippen LogP contribution in [-0.2, 0) is 6.54 Å². The summed E-state index contributed by atoms with van der Waals surface area (Å²) < 4.78 is 10.6. The third kappa shape index (κ3) is 3.40. The largest absolute Gasteiger partial charge is 0.476 e. The zero-order valence-corrected chi connectivity index (χ0v) is 11.3. The van der Waals surface area contributed by atoms with Crippen molar-refractivity contribution < 1.29 is 9.15 Å². The van der Waals surface area contributed by atoms with Crippen molar-refractivity contribution in [3.63, 3.8) is 0 Å². The maximum atomic E-state index is 5.85. The molecule has 0 amide bonds. The summed E-state index contributed by atoms with van der Waals surface area (Å²) in [5, 5.41) is 0. The summed E-state index contributed by atoms with van der Waals surface area (Å²) in [7, 11) is 1.97. The van der Waals surface area contributed by atoms with E-state index in [1.807, 2.05) is 37.1 Å². The van der Waals surface area contributed by atoms with E-state index in [1.165, 1.54) is 0 Å². The quantitative estimate of drug-likeness (QED) is 0.866. The lowest BCUT2D eigenvalue weighted by molar-refractivity contribution is 0.307. The van der Waals surface area contributed by atoms with Gasteiger partial charge in [0.1, 0.15) is 5.82 Å². The summed E-state index contributed by atoms with van der Waals surface area (Å²) in [4.78, 5) is 6.46. The number of ether oxygens (including phenoxy) is 1. The third-order valence-corrected chi connectivity index (χ3v) is 2.71. The molecule has 102 valence electrons. The number of aromatic nitrogens is 1. The first-order valence-electron chi connectivity index (χ1n) is 6.32. The van der Waals surface area contributed by atoms with Crippen LogP contribution in [0.1, 0.15) is 18.9 Å². The monoisotopic (exact) mass is 261 g/mol. The molecular formula is C14H19N3O2. The molecular weight excluding hydrogens is 242 g/mol. The highest BCUT2D eigenvalue weighted by molar-refractivity contribution is 5.54. The molecule has 0 aromatic carbocycles. The van der Waals surface area contributed by atoms with Crippen LogP contribution in [0.2, 0.25) is 0 Å². The van der Waals surface area contributed by atoms with Crippen LogP contribution >= 0.6 is 0 Å². The Kier molecular flexibility index (Phi) is 4.28. The third-order valence-electron chi connectivity index (χ3n) is 2.71. The molecule has 5 nitrogen and oxygen atoms in total. The van der Waals surface area contributed by atoms with E-state index in [-0.39, 0.29) is 0 Å². The van der Waals surface area contributed by atoms with Gasteiger partial charge in [-0.15, -0.1) is 0 Å². The maximum Gasteiger partial charge on any atom is 0.239 e. The SMILES string of the molecule is CCCOc1nc(N(C)Cc2ccoc2)ccc1N. The van der Waals surface area contributed by atoms with Crippen molar-refractivity contribution in [1.82, 2.24) is 4.98 Å². The molecule has 2 aromatic rings. The molecule has 0 bridgehead atoms. The summed E-state index contributed by atoms with van der Waals surface area (Å²) in [5.74, 6) is 1.32. The fourth-order valence-electron chi connectivity index (χ4n) is 1.71. The fourth-order valence-corrected chi connectivity index (χ4v) is 1.71. The number of pyridine rings is 1. The van der Waals surface area contributed by atoms with Gasteiger partial charge in [0.05, 0.1) is 24.8 Å². The molecule has 0 unspecified atom stereocenters. The number of nitrogen functional groups attached to an aromatic ring is 1. The lowest BCUT2D eigenvalue weighted by Crippen LogP contribution is -2.17. The highest BCUT2D eigenvalue weighted by Crippen LogP contribution is 2.23. The van der Waals surface area contributed by atoms with Gasteiger partial charge in [0.15, 0.2) is 0 Å². The molecule has 0 aliphatic rings. The average molecular weight is 261 g/mol. The van der Waals surface area contributed by atoms with Gasteiger partial charge in [0, 0.05) is 19.2 Å². The topological polar surface area (TPSA) is 64.5 Å². The lowest BCUT2D eigenvalue weighted by atomic mass is 10.3. The maximum absolute atomic E-state index is 5.85. The number of rotatable bonds is 6. The molecule has 0 saturated carbocycles. The minimum atomic E-state index is 0.499. The number of nitrogens with zero attached hydrogens (tertiary/aromatic N) is 2. The predicted octanol–water partition coefficient (Wildman–Crippen LogP) is 2.68. The van der Waals surface area contributed by atoms with Crippen molar-refractivity contribution in [1.29, 1.82) is 0 Å². The molecule has 2 heterocycles. The van der Waals surface area contributed by atoms with E-state index in [2.05, 4.69) is 4.98 Å². The zero-order chi connectivity index (χ0) is 13.7. The zero-order valence-electron chi connectivity index (χ0n) is 11.3. The summed E-state index contributed by atoms with van der Waals surface area (Å²) in [6.07, 6.45) is 4.31.